The lowest BCUT2D eigenvalue weighted by Crippen LogP contribution is -2.44. The molecule has 1 aromatic rings. The minimum Gasteiger partial charge on any atom is -0.377 e. The van der Waals surface area contributed by atoms with Crippen molar-refractivity contribution in [1.82, 2.24) is 23.8 Å². The Morgan fingerprint density at radius 1 is 1.52 bits per heavy atom. The molecule has 1 aliphatic heterocycles. The van der Waals surface area contributed by atoms with Crippen molar-refractivity contribution in [2.45, 2.75) is 51.9 Å². The van der Waals surface area contributed by atoms with Gasteiger partial charge in [-0.25, -0.2) is 9.67 Å². The molecule has 0 saturated heterocycles. The Hall–Kier alpha value is -1.03. The SMILES string of the molecule is COCc1nc2n(n1)CCCC2NS(=O)(=O)N(C)C(C)C. The standard InChI is InChI=1S/C12H23N5O3S/c1-9(2)16(3)21(18,19)15-10-6-5-7-17-12(10)13-11(14-17)8-20-4/h9-10,15H,5-8H2,1-4H3. The van der Waals surface area contributed by atoms with Gasteiger partial charge in [-0.3, -0.25) is 0 Å². The van der Waals surface area contributed by atoms with Crippen LogP contribution in [0.25, 0.3) is 0 Å². The van der Waals surface area contributed by atoms with E-state index in [-0.39, 0.29) is 12.1 Å². The van der Waals surface area contributed by atoms with Crippen LogP contribution >= 0.6 is 0 Å². The van der Waals surface area contributed by atoms with E-state index in [1.165, 1.54) is 4.31 Å². The van der Waals surface area contributed by atoms with E-state index in [0.29, 0.717) is 18.3 Å². The molecule has 0 spiro atoms. The average molecular weight is 317 g/mol. The maximum absolute atomic E-state index is 12.3. The summed E-state index contributed by atoms with van der Waals surface area (Å²) in [4.78, 5) is 4.39. The summed E-state index contributed by atoms with van der Waals surface area (Å²) in [5, 5.41) is 4.33. The molecule has 2 heterocycles. The molecule has 0 aliphatic carbocycles. The summed E-state index contributed by atoms with van der Waals surface area (Å²) in [6, 6.07) is -0.448. The molecule has 1 aromatic heterocycles. The first-order valence-electron chi connectivity index (χ1n) is 7.03. The Morgan fingerprint density at radius 3 is 2.86 bits per heavy atom. The van der Waals surface area contributed by atoms with Gasteiger partial charge < -0.3 is 4.74 Å². The van der Waals surface area contributed by atoms with Gasteiger partial charge in [-0.05, 0) is 26.7 Å². The van der Waals surface area contributed by atoms with Gasteiger partial charge in [0.1, 0.15) is 12.4 Å². The van der Waals surface area contributed by atoms with Crippen LogP contribution < -0.4 is 4.72 Å². The number of hydrogen-bond donors (Lipinski definition) is 1. The molecule has 0 bridgehead atoms. The maximum atomic E-state index is 12.3. The molecule has 8 nitrogen and oxygen atoms in total. The Balaban J connectivity index is 2.20. The molecule has 0 fully saturated rings. The molecular weight excluding hydrogens is 294 g/mol. The van der Waals surface area contributed by atoms with E-state index in [2.05, 4.69) is 14.8 Å². The molecule has 1 unspecified atom stereocenters. The lowest BCUT2D eigenvalue weighted by molar-refractivity contribution is 0.177. The Bertz CT molecular complexity index is 584. The summed E-state index contributed by atoms with van der Waals surface area (Å²) < 4.78 is 35.5. The number of methoxy groups -OCH3 is 1. The lowest BCUT2D eigenvalue weighted by Gasteiger charge is -2.27. The van der Waals surface area contributed by atoms with Crippen LogP contribution in [0.15, 0.2) is 0 Å². The van der Waals surface area contributed by atoms with Gasteiger partial charge in [-0.15, -0.1) is 0 Å². The van der Waals surface area contributed by atoms with Gasteiger partial charge in [0.05, 0.1) is 6.04 Å². The van der Waals surface area contributed by atoms with Gasteiger partial charge in [-0.1, -0.05) is 0 Å². The Kier molecular flexibility index (Phi) is 4.97. The number of rotatable bonds is 6. The molecule has 0 amide bonds. The van der Waals surface area contributed by atoms with Gasteiger partial charge in [0.25, 0.3) is 10.2 Å². The van der Waals surface area contributed by atoms with Gasteiger partial charge in [0.2, 0.25) is 0 Å². The van der Waals surface area contributed by atoms with E-state index in [1.54, 1.807) is 18.8 Å². The zero-order valence-corrected chi connectivity index (χ0v) is 13.7. The molecular formula is C12H23N5O3S. The van der Waals surface area contributed by atoms with Crippen LogP contribution in [0.5, 0.6) is 0 Å². The fraction of sp³-hybridized carbons (Fsp3) is 0.833. The molecule has 0 saturated carbocycles. The van der Waals surface area contributed by atoms with E-state index in [9.17, 15) is 8.42 Å². The van der Waals surface area contributed by atoms with Crippen molar-refractivity contribution in [2.24, 2.45) is 0 Å². The third-order valence-electron chi connectivity index (χ3n) is 3.59. The predicted molar refractivity (Wildman–Crippen MR) is 77.7 cm³/mol. The minimum atomic E-state index is -3.53. The summed E-state index contributed by atoms with van der Waals surface area (Å²) in [7, 11) is -0.386. The van der Waals surface area contributed by atoms with E-state index >= 15 is 0 Å². The molecule has 9 heteroatoms. The van der Waals surface area contributed by atoms with Gasteiger partial charge >= 0.3 is 0 Å². The number of fused-ring (bicyclic) bond motifs is 1. The zero-order valence-electron chi connectivity index (χ0n) is 12.9. The van der Waals surface area contributed by atoms with Crippen LogP contribution in [0.1, 0.15) is 44.4 Å². The van der Waals surface area contributed by atoms with Crippen LogP contribution in [0.4, 0.5) is 0 Å². The number of nitrogens with one attached hydrogen (secondary N) is 1. The smallest absolute Gasteiger partial charge is 0.280 e. The van der Waals surface area contributed by atoms with Gasteiger partial charge in [0, 0.05) is 26.7 Å². The largest absolute Gasteiger partial charge is 0.377 e. The van der Waals surface area contributed by atoms with Crippen molar-refractivity contribution in [3.63, 3.8) is 0 Å². The topological polar surface area (TPSA) is 89.3 Å². The number of hydrogen-bond acceptors (Lipinski definition) is 5. The number of nitrogens with zero attached hydrogens (tertiary/aromatic N) is 4. The van der Waals surface area contributed by atoms with Crippen molar-refractivity contribution in [3.8, 4) is 0 Å². The van der Waals surface area contributed by atoms with Crippen molar-refractivity contribution < 1.29 is 13.2 Å². The molecule has 1 atom stereocenters. The number of aromatic nitrogens is 3. The first-order valence-corrected chi connectivity index (χ1v) is 8.47. The normalized spacial score (nSPS) is 19.2. The van der Waals surface area contributed by atoms with Crippen LogP contribution in [0.2, 0.25) is 0 Å². The highest BCUT2D eigenvalue weighted by atomic mass is 32.2. The van der Waals surface area contributed by atoms with Crippen molar-refractivity contribution in [3.05, 3.63) is 11.6 Å². The van der Waals surface area contributed by atoms with E-state index < -0.39 is 10.2 Å². The van der Waals surface area contributed by atoms with Crippen LogP contribution in [-0.2, 0) is 28.1 Å². The highest BCUT2D eigenvalue weighted by molar-refractivity contribution is 7.87. The second kappa shape index (κ2) is 6.39. The maximum Gasteiger partial charge on any atom is 0.280 e. The summed E-state index contributed by atoms with van der Waals surface area (Å²) in [5.41, 5.74) is 0. The summed E-state index contributed by atoms with van der Waals surface area (Å²) >= 11 is 0. The molecule has 1 N–H and O–H groups in total. The van der Waals surface area contributed by atoms with Crippen LogP contribution in [0.3, 0.4) is 0 Å². The lowest BCUT2D eigenvalue weighted by atomic mass is 10.1. The molecule has 2 rings (SSSR count). The van der Waals surface area contributed by atoms with Crippen molar-refractivity contribution in [2.75, 3.05) is 14.2 Å². The highest BCUT2D eigenvalue weighted by Gasteiger charge is 2.30. The van der Waals surface area contributed by atoms with E-state index in [0.717, 1.165) is 19.4 Å². The third-order valence-corrected chi connectivity index (χ3v) is 5.35. The van der Waals surface area contributed by atoms with Crippen LogP contribution in [0, 0.1) is 0 Å². The molecule has 0 radical (unpaired) electrons. The van der Waals surface area contributed by atoms with Gasteiger partial charge in [-0.2, -0.15) is 22.5 Å². The first kappa shape index (κ1) is 16.3. The molecule has 120 valence electrons. The minimum absolute atomic E-state index is 0.104. The number of ether oxygens (including phenoxy) is 1. The summed E-state index contributed by atoms with van der Waals surface area (Å²) in [6.45, 7) is 4.74. The summed E-state index contributed by atoms with van der Waals surface area (Å²) in [6.07, 6.45) is 1.58. The Labute approximate surface area is 125 Å². The highest BCUT2D eigenvalue weighted by Crippen LogP contribution is 2.24. The second-order valence-electron chi connectivity index (χ2n) is 5.47. The second-order valence-corrected chi connectivity index (χ2v) is 7.23. The predicted octanol–water partition coefficient (Wildman–Crippen LogP) is 0.434. The number of aryl methyl sites for hydroxylation is 1. The molecule has 21 heavy (non-hydrogen) atoms. The van der Waals surface area contributed by atoms with Crippen molar-refractivity contribution >= 4 is 10.2 Å². The Morgan fingerprint density at radius 2 is 2.24 bits per heavy atom. The first-order chi connectivity index (χ1) is 9.85. The molecule has 1 aliphatic rings. The van der Waals surface area contributed by atoms with E-state index in [4.69, 9.17) is 4.74 Å². The van der Waals surface area contributed by atoms with Crippen LogP contribution in [-0.4, -0.2) is 47.7 Å². The van der Waals surface area contributed by atoms with E-state index in [1.807, 2.05) is 13.8 Å². The third kappa shape index (κ3) is 3.60. The van der Waals surface area contributed by atoms with Gasteiger partial charge in [0.15, 0.2) is 5.82 Å². The monoisotopic (exact) mass is 317 g/mol. The zero-order chi connectivity index (χ0) is 15.6. The molecule has 0 aromatic carbocycles. The quantitative estimate of drug-likeness (QED) is 0.822. The fourth-order valence-electron chi connectivity index (χ4n) is 2.24. The van der Waals surface area contributed by atoms with Crippen molar-refractivity contribution in [1.29, 1.82) is 0 Å². The fourth-order valence-corrected chi connectivity index (χ4v) is 3.55. The summed E-state index contributed by atoms with van der Waals surface area (Å²) in [5.74, 6) is 1.24. The average Bonchev–Trinajstić information content (AvgIpc) is 2.81.